The Labute approximate surface area is 163 Å². The summed E-state index contributed by atoms with van der Waals surface area (Å²) in [5, 5.41) is 4.71. The normalized spacial score (nSPS) is 18.4. The Morgan fingerprint density at radius 2 is 1.89 bits per heavy atom. The van der Waals surface area contributed by atoms with Gasteiger partial charge in [0.2, 0.25) is 5.95 Å². The van der Waals surface area contributed by atoms with Gasteiger partial charge in [0.05, 0.1) is 22.4 Å². The fraction of sp³-hybridized carbons (Fsp3) is 0.421. The van der Waals surface area contributed by atoms with Gasteiger partial charge in [-0.25, -0.2) is 13.1 Å². The fourth-order valence-corrected chi connectivity index (χ4v) is 6.01. The predicted octanol–water partition coefficient (Wildman–Crippen LogP) is 1.90. The van der Waals surface area contributed by atoms with E-state index in [1.807, 2.05) is 49.1 Å². The number of H-pyrrole nitrogens is 1. The third-order valence-corrected chi connectivity index (χ3v) is 8.53. The maximum Gasteiger partial charge on any atom is 0.263 e. The average Bonchev–Trinajstić information content (AvgIpc) is 3.13. The molecule has 0 amide bonds. The summed E-state index contributed by atoms with van der Waals surface area (Å²) in [5.41, 5.74) is 0.977. The van der Waals surface area contributed by atoms with Gasteiger partial charge in [-0.15, -0.1) is 0 Å². The molecule has 4 rings (SSSR count). The van der Waals surface area contributed by atoms with E-state index in [2.05, 4.69) is 15.1 Å². The Hall–Kier alpha value is -2.68. The van der Waals surface area contributed by atoms with Crippen molar-refractivity contribution in [2.45, 2.75) is 31.4 Å². The van der Waals surface area contributed by atoms with Crippen LogP contribution < -0.4 is 10.5 Å². The SMILES string of the molecule is CCC1(CC)CN(c2nc3c(cnn3-c3ccccc3)c(=O)[nH]2)CCS1(=O)=O. The number of aromatic nitrogens is 4. The lowest BCUT2D eigenvalue weighted by Crippen LogP contribution is -2.56. The van der Waals surface area contributed by atoms with Gasteiger partial charge in [0, 0.05) is 13.1 Å². The standard InChI is InChI=1S/C19H23N5O3S/c1-3-19(4-2)13-23(10-11-28(19,26)27)18-21-16-15(17(25)22-18)12-20-24(16)14-8-6-5-7-9-14/h5-9,12H,3-4,10-11,13H2,1-2H3,(H,21,22,25). The largest absolute Gasteiger partial charge is 0.340 e. The fourth-order valence-electron chi connectivity index (χ4n) is 3.88. The third kappa shape index (κ3) is 2.81. The molecule has 28 heavy (non-hydrogen) atoms. The van der Waals surface area contributed by atoms with Crippen LogP contribution in [0.15, 0.2) is 41.3 Å². The first kappa shape index (κ1) is 18.7. The van der Waals surface area contributed by atoms with Crippen molar-refractivity contribution < 1.29 is 8.42 Å². The van der Waals surface area contributed by atoms with Crippen LogP contribution in [0.5, 0.6) is 0 Å². The first-order chi connectivity index (χ1) is 13.4. The molecule has 0 saturated carbocycles. The van der Waals surface area contributed by atoms with E-state index in [9.17, 15) is 13.2 Å². The quantitative estimate of drug-likeness (QED) is 0.717. The Morgan fingerprint density at radius 3 is 2.57 bits per heavy atom. The predicted molar refractivity (Wildman–Crippen MR) is 109 cm³/mol. The van der Waals surface area contributed by atoms with E-state index < -0.39 is 14.6 Å². The summed E-state index contributed by atoms with van der Waals surface area (Å²) < 4.78 is 26.2. The monoisotopic (exact) mass is 401 g/mol. The van der Waals surface area contributed by atoms with Gasteiger partial charge in [-0.05, 0) is 25.0 Å². The van der Waals surface area contributed by atoms with Crippen LogP contribution in [-0.4, -0.2) is 51.8 Å². The Bertz CT molecular complexity index is 1160. The van der Waals surface area contributed by atoms with Crippen molar-refractivity contribution in [3.05, 3.63) is 46.9 Å². The lowest BCUT2D eigenvalue weighted by atomic mass is 10.0. The number of benzene rings is 1. The van der Waals surface area contributed by atoms with Crippen molar-refractivity contribution in [2.75, 3.05) is 23.7 Å². The van der Waals surface area contributed by atoms with Crippen molar-refractivity contribution >= 4 is 26.8 Å². The van der Waals surface area contributed by atoms with Crippen LogP contribution in [0.25, 0.3) is 16.7 Å². The minimum Gasteiger partial charge on any atom is -0.340 e. The van der Waals surface area contributed by atoms with Gasteiger partial charge in [-0.3, -0.25) is 9.78 Å². The van der Waals surface area contributed by atoms with E-state index in [4.69, 9.17) is 0 Å². The van der Waals surface area contributed by atoms with Crippen molar-refractivity contribution in [1.29, 1.82) is 0 Å². The van der Waals surface area contributed by atoms with Gasteiger partial charge < -0.3 is 4.90 Å². The summed E-state index contributed by atoms with van der Waals surface area (Å²) >= 11 is 0. The number of nitrogens with zero attached hydrogens (tertiary/aromatic N) is 4. The van der Waals surface area contributed by atoms with Gasteiger partial charge >= 0.3 is 0 Å². The molecule has 1 fully saturated rings. The maximum absolute atomic E-state index is 12.7. The van der Waals surface area contributed by atoms with Crippen molar-refractivity contribution in [3.8, 4) is 5.69 Å². The minimum atomic E-state index is -3.20. The van der Waals surface area contributed by atoms with Crippen LogP contribution in [0, 0.1) is 0 Å². The van der Waals surface area contributed by atoms with Crippen LogP contribution in [0.4, 0.5) is 5.95 Å². The van der Waals surface area contributed by atoms with Gasteiger partial charge in [0.1, 0.15) is 5.39 Å². The molecule has 3 heterocycles. The van der Waals surface area contributed by atoms with Crippen molar-refractivity contribution in [1.82, 2.24) is 19.7 Å². The van der Waals surface area contributed by atoms with Crippen molar-refractivity contribution in [3.63, 3.8) is 0 Å². The molecular weight excluding hydrogens is 378 g/mol. The number of hydrogen-bond donors (Lipinski definition) is 1. The highest BCUT2D eigenvalue weighted by molar-refractivity contribution is 7.92. The molecule has 1 aliphatic heterocycles. The second-order valence-corrected chi connectivity index (χ2v) is 9.65. The molecule has 148 valence electrons. The maximum atomic E-state index is 12.7. The molecule has 9 heteroatoms. The number of rotatable bonds is 4. The van der Waals surface area contributed by atoms with Crippen molar-refractivity contribution in [2.24, 2.45) is 0 Å². The van der Waals surface area contributed by atoms with E-state index in [1.54, 1.807) is 4.68 Å². The van der Waals surface area contributed by atoms with Crippen LogP contribution in [-0.2, 0) is 9.84 Å². The summed E-state index contributed by atoms with van der Waals surface area (Å²) in [7, 11) is -3.20. The van der Waals surface area contributed by atoms with E-state index in [0.717, 1.165) is 5.69 Å². The molecule has 0 radical (unpaired) electrons. The summed E-state index contributed by atoms with van der Waals surface area (Å²) in [6.07, 6.45) is 2.55. The van der Waals surface area contributed by atoms with E-state index in [1.165, 1.54) is 6.20 Å². The zero-order valence-corrected chi connectivity index (χ0v) is 16.7. The van der Waals surface area contributed by atoms with Crippen LogP contribution in [0.3, 0.4) is 0 Å². The zero-order chi connectivity index (χ0) is 19.9. The second kappa shape index (κ2) is 6.73. The molecule has 0 atom stereocenters. The average molecular weight is 401 g/mol. The van der Waals surface area contributed by atoms with Gasteiger partial charge in [0.15, 0.2) is 15.5 Å². The molecule has 1 saturated heterocycles. The molecule has 3 aromatic rings. The number of hydrogen-bond acceptors (Lipinski definition) is 6. The smallest absolute Gasteiger partial charge is 0.263 e. The molecular formula is C19H23N5O3S. The number of anilines is 1. The van der Waals surface area contributed by atoms with Crippen LogP contribution >= 0.6 is 0 Å². The Kier molecular flexibility index (Phi) is 4.49. The highest BCUT2D eigenvalue weighted by Crippen LogP contribution is 2.32. The molecule has 0 unspecified atom stereocenters. The Balaban J connectivity index is 1.81. The molecule has 1 aromatic carbocycles. The number of aromatic amines is 1. The lowest BCUT2D eigenvalue weighted by Gasteiger charge is -2.41. The second-order valence-electron chi connectivity index (χ2n) is 7.15. The summed E-state index contributed by atoms with van der Waals surface area (Å²) in [6, 6.07) is 9.47. The number of fused-ring (bicyclic) bond motifs is 1. The molecule has 0 aliphatic carbocycles. The van der Waals surface area contributed by atoms with Gasteiger partial charge in [-0.1, -0.05) is 32.0 Å². The van der Waals surface area contributed by atoms with Crippen LogP contribution in [0.2, 0.25) is 0 Å². The summed E-state index contributed by atoms with van der Waals surface area (Å²) in [5.74, 6) is 0.435. The zero-order valence-electron chi connectivity index (χ0n) is 15.9. The highest BCUT2D eigenvalue weighted by Gasteiger charge is 2.45. The minimum absolute atomic E-state index is 0.0500. The molecule has 8 nitrogen and oxygen atoms in total. The topological polar surface area (TPSA) is 101 Å². The first-order valence-corrected chi connectivity index (χ1v) is 11.1. The number of nitrogens with one attached hydrogen (secondary N) is 1. The lowest BCUT2D eigenvalue weighted by molar-refractivity contribution is 0.456. The van der Waals surface area contributed by atoms with Gasteiger partial charge in [0.25, 0.3) is 5.56 Å². The highest BCUT2D eigenvalue weighted by atomic mass is 32.2. The number of para-hydroxylation sites is 1. The van der Waals surface area contributed by atoms with Crippen LogP contribution in [0.1, 0.15) is 26.7 Å². The van der Waals surface area contributed by atoms with E-state index >= 15 is 0 Å². The molecule has 0 bridgehead atoms. The summed E-state index contributed by atoms with van der Waals surface area (Å²) in [6.45, 7) is 4.41. The summed E-state index contributed by atoms with van der Waals surface area (Å²) in [4.78, 5) is 22.0. The Morgan fingerprint density at radius 1 is 1.18 bits per heavy atom. The molecule has 0 spiro atoms. The van der Waals surface area contributed by atoms with E-state index in [0.29, 0.717) is 42.9 Å². The van der Waals surface area contributed by atoms with E-state index in [-0.39, 0.29) is 11.3 Å². The third-order valence-electron chi connectivity index (χ3n) is 5.78. The molecule has 2 aromatic heterocycles. The van der Waals surface area contributed by atoms with Gasteiger partial charge in [-0.2, -0.15) is 10.1 Å². The number of sulfone groups is 1. The molecule has 1 N–H and O–H groups in total. The molecule has 1 aliphatic rings. The first-order valence-electron chi connectivity index (χ1n) is 9.41.